The molecule has 1 atom stereocenters. The fourth-order valence-corrected chi connectivity index (χ4v) is 1.92. The average molecular weight is 185 g/mol. The van der Waals surface area contributed by atoms with Gasteiger partial charge in [-0.2, -0.15) is 0 Å². The molecule has 2 fully saturated rings. The highest BCUT2D eigenvalue weighted by atomic mass is 16.5. The van der Waals surface area contributed by atoms with Crippen molar-refractivity contribution in [2.45, 2.75) is 6.10 Å². The fraction of sp³-hybridized carbons (Fsp3) is 1.00. The lowest BCUT2D eigenvalue weighted by Gasteiger charge is -2.32. The molecule has 0 aliphatic carbocycles. The van der Waals surface area contributed by atoms with Crippen molar-refractivity contribution >= 4 is 0 Å². The quantitative estimate of drug-likeness (QED) is 0.571. The van der Waals surface area contributed by atoms with Crippen LogP contribution >= 0.6 is 0 Å². The second kappa shape index (κ2) is 4.91. The Hall–Kier alpha value is -0.160. The van der Waals surface area contributed by atoms with Crippen LogP contribution in [0.3, 0.4) is 0 Å². The molecule has 76 valence electrons. The van der Waals surface area contributed by atoms with Gasteiger partial charge in [0.2, 0.25) is 0 Å². The van der Waals surface area contributed by atoms with Crippen molar-refractivity contribution in [3.63, 3.8) is 0 Å². The minimum Gasteiger partial charge on any atom is -0.374 e. The summed E-state index contributed by atoms with van der Waals surface area (Å²) >= 11 is 0. The molecule has 4 nitrogen and oxygen atoms in total. The number of nitrogens with one attached hydrogen (secondary N) is 2. The lowest BCUT2D eigenvalue weighted by molar-refractivity contribution is 0.00360. The standard InChI is InChI=1S/C9H19N3O/c1-4-12(5-2-10-1)8-9-7-11-3-6-13-9/h9-11H,1-8H2. The van der Waals surface area contributed by atoms with Gasteiger partial charge in [0, 0.05) is 45.8 Å². The molecule has 0 aromatic rings. The number of hydrogen-bond donors (Lipinski definition) is 2. The molecule has 13 heavy (non-hydrogen) atoms. The molecule has 4 heteroatoms. The van der Waals surface area contributed by atoms with Gasteiger partial charge in [-0.25, -0.2) is 0 Å². The molecule has 2 rings (SSSR count). The highest BCUT2D eigenvalue weighted by molar-refractivity contribution is 4.75. The van der Waals surface area contributed by atoms with Gasteiger partial charge in [-0.05, 0) is 0 Å². The highest BCUT2D eigenvalue weighted by Crippen LogP contribution is 2.01. The molecule has 2 heterocycles. The van der Waals surface area contributed by atoms with Crippen LogP contribution in [0.2, 0.25) is 0 Å². The molecule has 1 unspecified atom stereocenters. The molecular weight excluding hydrogens is 166 g/mol. The molecule has 0 radical (unpaired) electrons. The van der Waals surface area contributed by atoms with Crippen LogP contribution in [0, 0.1) is 0 Å². The third-order valence-electron chi connectivity index (χ3n) is 2.68. The summed E-state index contributed by atoms with van der Waals surface area (Å²) in [7, 11) is 0. The van der Waals surface area contributed by atoms with Crippen LogP contribution in [-0.2, 0) is 4.74 Å². The van der Waals surface area contributed by atoms with Crippen LogP contribution in [0.1, 0.15) is 0 Å². The minimum atomic E-state index is 0.409. The second-order valence-corrected chi connectivity index (χ2v) is 3.75. The maximum absolute atomic E-state index is 5.66. The van der Waals surface area contributed by atoms with Crippen LogP contribution in [0.15, 0.2) is 0 Å². The number of ether oxygens (including phenoxy) is 1. The van der Waals surface area contributed by atoms with E-state index in [1.807, 2.05) is 0 Å². The summed E-state index contributed by atoms with van der Waals surface area (Å²) in [5.41, 5.74) is 0. The minimum absolute atomic E-state index is 0.409. The van der Waals surface area contributed by atoms with Gasteiger partial charge in [0.25, 0.3) is 0 Å². The molecule has 0 bridgehead atoms. The van der Waals surface area contributed by atoms with Crippen molar-refractivity contribution in [2.24, 2.45) is 0 Å². The fourth-order valence-electron chi connectivity index (χ4n) is 1.92. The van der Waals surface area contributed by atoms with Gasteiger partial charge in [0.15, 0.2) is 0 Å². The monoisotopic (exact) mass is 185 g/mol. The second-order valence-electron chi connectivity index (χ2n) is 3.75. The highest BCUT2D eigenvalue weighted by Gasteiger charge is 2.18. The predicted molar refractivity (Wildman–Crippen MR) is 51.9 cm³/mol. The lowest BCUT2D eigenvalue weighted by Crippen LogP contribution is -2.50. The van der Waals surface area contributed by atoms with E-state index >= 15 is 0 Å². The molecule has 0 aromatic carbocycles. The first kappa shape index (κ1) is 9.40. The van der Waals surface area contributed by atoms with E-state index in [0.29, 0.717) is 6.10 Å². The number of morpholine rings is 1. The van der Waals surface area contributed by atoms with Gasteiger partial charge in [0.1, 0.15) is 0 Å². The molecule has 0 aromatic heterocycles. The summed E-state index contributed by atoms with van der Waals surface area (Å²) < 4.78 is 5.66. The topological polar surface area (TPSA) is 36.5 Å². The third kappa shape index (κ3) is 2.91. The van der Waals surface area contributed by atoms with E-state index in [9.17, 15) is 0 Å². The van der Waals surface area contributed by atoms with Crippen LogP contribution in [-0.4, -0.2) is 63.4 Å². The lowest BCUT2D eigenvalue weighted by atomic mass is 10.2. The van der Waals surface area contributed by atoms with Gasteiger partial charge in [-0.1, -0.05) is 0 Å². The summed E-state index contributed by atoms with van der Waals surface area (Å²) in [5.74, 6) is 0. The summed E-state index contributed by atoms with van der Waals surface area (Å²) in [6.07, 6.45) is 0.409. The summed E-state index contributed by atoms with van der Waals surface area (Å²) in [6.45, 7) is 8.58. The number of piperazine rings is 1. The third-order valence-corrected chi connectivity index (χ3v) is 2.68. The first-order valence-corrected chi connectivity index (χ1v) is 5.20. The van der Waals surface area contributed by atoms with Gasteiger partial charge in [-0.3, -0.25) is 4.90 Å². The number of nitrogens with zero attached hydrogens (tertiary/aromatic N) is 1. The van der Waals surface area contributed by atoms with Crippen LogP contribution in [0.5, 0.6) is 0 Å². The van der Waals surface area contributed by atoms with E-state index in [4.69, 9.17) is 4.74 Å². The van der Waals surface area contributed by atoms with E-state index in [2.05, 4.69) is 15.5 Å². The SMILES string of the molecule is C1CN(CC2CNCCO2)CCN1. The Labute approximate surface area is 79.6 Å². The Morgan fingerprint density at radius 3 is 2.69 bits per heavy atom. The zero-order valence-corrected chi connectivity index (χ0v) is 8.09. The Balaban J connectivity index is 1.69. The van der Waals surface area contributed by atoms with Gasteiger partial charge >= 0.3 is 0 Å². The largest absolute Gasteiger partial charge is 0.374 e. The molecule has 2 aliphatic rings. The Morgan fingerprint density at radius 2 is 2.00 bits per heavy atom. The van der Waals surface area contributed by atoms with Crippen molar-refractivity contribution in [3.8, 4) is 0 Å². The smallest absolute Gasteiger partial charge is 0.0826 e. The van der Waals surface area contributed by atoms with E-state index in [1.54, 1.807) is 0 Å². The van der Waals surface area contributed by atoms with Crippen molar-refractivity contribution in [2.75, 3.05) is 52.4 Å². The summed E-state index contributed by atoms with van der Waals surface area (Å²) in [5, 5.41) is 6.71. The van der Waals surface area contributed by atoms with Crippen LogP contribution in [0.25, 0.3) is 0 Å². The normalized spacial score (nSPS) is 31.8. The Kier molecular flexibility index (Phi) is 3.55. The van der Waals surface area contributed by atoms with Crippen molar-refractivity contribution in [1.82, 2.24) is 15.5 Å². The predicted octanol–water partition coefficient (Wildman–Crippen LogP) is -1.12. The average Bonchev–Trinajstić information content (AvgIpc) is 2.21. The summed E-state index contributed by atoms with van der Waals surface area (Å²) in [4.78, 5) is 2.48. The van der Waals surface area contributed by atoms with Gasteiger partial charge in [0.05, 0.1) is 12.7 Å². The first-order valence-electron chi connectivity index (χ1n) is 5.20. The van der Waals surface area contributed by atoms with Crippen LogP contribution in [0.4, 0.5) is 0 Å². The van der Waals surface area contributed by atoms with Crippen molar-refractivity contribution in [3.05, 3.63) is 0 Å². The summed E-state index contributed by atoms with van der Waals surface area (Å²) in [6, 6.07) is 0. The first-order chi connectivity index (χ1) is 6.45. The number of rotatable bonds is 2. The van der Waals surface area contributed by atoms with Crippen molar-refractivity contribution in [1.29, 1.82) is 0 Å². The molecule has 0 spiro atoms. The maximum Gasteiger partial charge on any atom is 0.0826 e. The van der Waals surface area contributed by atoms with Crippen molar-refractivity contribution < 1.29 is 4.74 Å². The van der Waals surface area contributed by atoms with Gasteiger partial charge < -0.3 is 15.4 Å². The molecule has 0 saturated carbocycles. The molecule has 0 amide bonds. The van der Waals surface area contributed by atoms with E-state index < -0.39 is 0 Å². The molecule has 2 aliphatic heterocycles. The Bertz CT molecular complexity index is 126. The van der Waals surface area contributed by atoms with Gasteiger partial charge in [-0.15, -0.1) is 0 Å². The van der Waals surface area contributed by atoms with E-state index in [1.165, 1.54) is 13.1 Å². The number of hydrogen-bond acceptors (Lipinski definition) is 4. The van der Waals surface area contributed by atoms with E-state index in [0.717, 1.165) is 39.3 Å². The molecule has 2 N–H and O–H groups in total. The molecule has 2 saturated heterocycles. The zero-order chi connectivity index (χ0) is 8.93. The maximum atomic E-state index is 5.66. The Morgan fingerprint density at radius 1 is 1.15 bits per heavy atom. The zero-order valence-electron chi connectivity index (χ0n) is 8.09. The van der Waals surface area contributed by atoms with Crippen LogP contribution < -0.4 is 10.6 Å². The van der Waals surface area contributed by atoms with E-state index in [-0.39, 0.29) is 0 Å². The molecular formula is C9H19N3O.